The predicted molar refractivity (Wildman–Crippen MR) is 133 cm³/mol. The summed E-state index contributed by atoms with van der Waals surface area (Å²) >= 11 is 0. The molecule has 0 unspecified atom stereocenters. The molecule has 3 aromatic carbocycles. The van der Waals surface area contributed by atoms with Crippen molar-refractivity contribution in [2.75, 3.05) is 7.11 Å². The SMILES string of the molecule is COc1ccccc1CNC(=O)[C@@H](OC(=O)c1cccc(C)c1)[C@@H](OC(=O)c1cccc(C)c1)C(=O)O. The van der Waals surface area contributed by atoms with E-state index >= 15 is 0 Å². The van der Waals surface area contributed by atoms with Gasteiger partial charge in [-0.3, -0.25) is 4.79 Å². The lowest BCUT2D eigenvalue weighted by atomic mass is 10.1. The molecule has 0 saturated carbocycles. The molecule has 0 aliphatic rings. The topological polar surface area (TPSA) is 128 Å². The molecule has 0 radical (unpaired) electrons. The normalized spacial score (nSPS) is 12.1. The molecular formula is C28H27NO8. The second-order valence-electron chi connectivity index (χ2n) is 8.26. The van der Waals surface area contributed by atoms with E-state index in [0.717, 1.165) is 11.1 Å². The quantitative estimate of drug-likeness (QED) is 0.401. The zero-order valence-corrected chi connectivity index (χ0v) is 20.6. The number of carbonyl (C=O) groups is 4. The summed E-state index contributed by atoms with van der Waals surface area (Å²) in [6.45, 7) is 3.46. The standard InChI is InChI=1S/C28H27NO8/c1-17-8-6-11-19(14-17)27(33)36-23(25(30)29-16-21-10-4-5-13-22(21)35-3)24(26(31)32)37-28(34)20-12-7-9-18(2)15-20/h4-15,23-24H,16H2,1-3H3,(H,29,30)(H,31,32)/t23-,24+/m0/s1. The fourth-order valence-electron chi connectivity index (χ4n) is 3.54. The van der Waals surface area contributed by atoms with Crippen LogP contribution in [0.4, 0.5) is 0 Å². The Balaban J connectivity index is 1.89. The first kappa shape index (κ1) is 26.9. The molecule has 0 saturated heterocycles. The minimum Gasteiger partial charge on any atom is -0.496 e. The van der Waals surface area contributed by atoms with Gasteiger partial charge < -0.3 is 24.6 Å². The van der Waals surface area contributed by atoms with E-state index in [0.29, 0.717) is 11.3 Å². The molecule has 192 valence electrons. The molecule has 0 heterocycles. The van der Waals surface area contributed by atoms with Gasteiger partial charge in [-0.05, 0) is 44.2 Å². The van der Waals surface area contributed by atoms with Crippen LogP contribution in [-0.4, -0.2) is 48.2 Å². The van der Waals surface area contributed by atoms with Gasteiger partial charge in [0.1, 0.15) is 5.75 Å². The number of carbonyl (C=O) groups excluding carboxylic acids is 3. The van der Waals surface area contributed by atoms with Crippen LogP contribution >= 0.6 is 0 Å². The van der Waals surface area contributed by atoms with E-state index in [9.17, 15) is 24.3 Å². The molecule has 2 atom stereocenters. The van der Waals surface area contributed by atoms with Gasteiger partial charge >= 0.3 is 17.9 Å². The van der Waals surface area contributed by atoms with Crippen LogP contribution in [0.5, 0.6) is 5.75 Å². The third-order valence-electron chi connectivity index (χ3n) is 5.40. The summed E-state index contributed by atoms with van der Waals surface area (Å²) in [4.78, 5) is 50.9. The summed E-state index contributed by atoms with van der Waals surface area (Å²) in [5, 5.41) is 12.4. The third-order valence-corrected chi connectivity index (χ3v) is 5.40. The van der Waals surface area contributed by atoms with Gasteiger partial charge in [0.2, 0.25) is 12.2 Å². The van der Waals surface area contributed by atoms with Crippen molar-refractivity contribution in [1.29, 1.82) is 0 Å². The Morgan fingerprint density at radius 2 is 1.32 bits per heavy atom. The molecule has 0 aliphatic heterocycles. The molecule has 9 heteroatoms. The lowest BCUT2D eigenvalue weighted by molar-refractivity contribution is -0.159. The predicted octanol–water partition coefficient (Wildman–Crippen LogP) is 3.46. The molecular weight excluding hydrogens is 478 g/mol. The van der Waals surface area contributed by atoms with E-state index in [1.165, 1.54) is 31.4 Å². The highest BCUT2D eigenvalue weighted by Gasteiger charge is 2.41. The van der Waals surface area contributed by atoms with Crippen molar-refractivity contribution in [2.45, 2.75) is 32.6 Å². The molecule has 9 nitrogen and oxygen atoms in total. The first-order valence-corrected chi connectivity index (χ1v) is 11.4. The molecule has 0 aromatic heterocycles. The Hall–Kier alpha value is -4.66. The largest absolute Gasteiger partial charge is 0.496 e. The molecule has 37 heavy (non-hydrogen) atoms. The summed E-state index contributed by atoms with van der Waals surface area (Å²) in [5.41, 5.74) is 2.30. The first-order valence-electron chi connectivity index (χ1n) is 11.4. The van der Waals surface area contributed by atoms with Crippen molar-refractivity contribution in [3.8, 4) is 5.75 Å². The van der Waals surface area contributed by atoms with Crippen LogP contribution in [0, 0.1) is 13.8 Å². The van der Waals surface area contributed by atoms with Gasteiger partial charge in [0.15, 0.2) is 0 Å². The maximum absolute atomic E-state index is 13.2. The van der Waals surface area contributed by atoms with Crippen LogP contribution < -0.4 is 10.1 Å². The fourth-order valence-corrected chi connectivity index (χ4v) is 3.54. The molecule has 0 aliphatic carbocycles. The molecule has 3 rings (SSSR count). The van der Waals surface area contributed by atoms with Gasteiger partial charge in [0.05, 0.1) is 18.2 Å². The van der Waals surface area contributed by atoms with Crippen molar-refractivity contribution in [2.24, 2.45) is 0 Å². The summed E-state index contributed by atoms with van der Waals surface area (Å²) < 4.78 is 15.8. The van der Waals surface area contributed by atoms with Crippen LogP contribution in [-0.2, 0) is 25.6 Å². The van der Waals surface area contributed by atoms with Gasteiger partial charge in [0.25, 0.3) is 5.91 Å². The minimum atomic E-state index is -2.11. The lowest BCUT2D eigenvalue weighted by Gasteiger charge is -2.24. The molecule has 0 fully saturated rings. The second kappa shape index (κ2) is 12.3. The number of methoxy groups -OCH3 is 1. The zero-order valence-electron chi connectivity index (χ0n) is 20.6. The van der Waals surface area contributed by atoms with Crippen molar-refractivity contribution in [3.05, 3.63) is 101 Å². The van der Waals surface area contributed by atoms with Crippen LogP contribution in [0.25, 0.3) is 0 Å². The van der Waals surface area contributed by atoms with E-state index in [2.05, 4.69) is 5.32 Å². The minimum absolute atomic E-state index is 0.0560. The number of nitrogens with one attached hydrogen (secondary N) is 1. The van der Waals surface area contributed by atoms with Gasteiger partial charge in [-0.15, -0.1) is 0 Å². The number of amides is 1. The number of esters is 2. The van der Waals surface area contributed by atoms with Crippen LogP contribution in [0.3, 0.4) is 0 Å². The highest BCUT2D eigenvalue weighted by atomic mass is 16.6. The first-order chi connectivity index (χ1) is 17.7. The molecule has 3 aromatic rings. The highest BCUT2D eigenvalue weighted by Crippen LogP contribution is 2.18. The van der Waals surface area contributed by atoms with Crippen LogP contribution in [0.2, 0.25) is 0 Å². The van der Waals surface area contributed by atoms with Gasteiger partial charge in [-0.2, -0.15) is 0 Å². The molecule has 1 amide bonds. The van der Waals surface area contributed by atoms with E-state index in [1.807, 2.05) is 0 Å². The van der Waals surface area contributed by atoms with Crippen LogP contribution in [0.1, 0.15) is 37.4 Å². The number of hydrogen-bond acceptors (Lipinski definition) is 7. The highest BCUT2D eigenvalue weighted by molar-refractivity contribution is 5.96. The Bertz CT molecular complexity index is 1300. The summed E-state index contributed by atoms with van der Waals surface area (Å²) in [6, 6.07) is 19.6. The number of benzene rings is 3. The van der Waals surface area contributed by atoms with Gasteiger partial charge in [-0.25, -0.2) is 14.4 Å². The number of aryl methyl sites for hydroxylation is 2. The Kier molecular flexibility index (Phi) is 8.99. The Labute approximate surface area is 214 Å². The van der Waals surface area contributed by atoms with Crippen LogP contribution in [0.15, 0.2) is 72.8 Å². The second-order valence-corrected chi connectivity index (χ2v) is 8.26. The van der Waals surface area contributed by atoms with Crippen molar-refractivity contribution >= 4 is 23.8 Å². The Morgan fingerprint density at radius 1 is 0.784 bits per heavy atom. The number of carboxylic acids is 1. The summed E-state index contributed by atoms with van der Waals surface area (Å²) in [6.07, 6.45) is -4.09. The zero-order chi connectivity index (χ0) is 26.9. The maximum Gasteiger partial charge on any atom is 0.349 e. The number of carboxylic acid groups (broad SMARTS) is 1. The molecule has 0 spiro atoms. The summed E-state index contributed by atoms with van der Waals surface area (Å²) in [7, 11) is 1.47. The number of para-hydroxylation sites is 1. The smallest absolute Gasteiger partial charge is 0.349 e. The van der Waals surface area contributed by atoms with E-state index in [-0.39, 0.29) is 17.7 Å². The Morgan fingerprint density at radius 3 is 1.84 bits per heavy atom. The van der Waals surface area contributed by atoms with Crippen molar-refractivity contribution < 1.29 is 38.5 Å². The molecule has 0 bridgehead atoms. The number of rotatable bonds is 10. The lowest BCUT2D eigenvalue weighted by Crippen LogP contribution is -2.50. The molecule has 2 N–H and O–H groups in total. The average molecular weight is 506 g/mol. The number of ether oxygens (including phenoxy) is 3. The van der Waals surface area contributed by atoms with Crippen molar-refractivity contribution in [1.82, 2.24) is 5.32 Å². The van der Waals surface area contributed by atoms with E-state index in [1.54, 1.807) is 62.4 Å². The number of aliphatic carboxylic acids is 1. The monoisotopic (exact) mass is 505 g/mol. The average Bonchev–Trinajstić information content (AvgIpc) is 2.89. The van der Waals surface area contributed by atoms with Crippen molar-refractivity contribution in [3.63, 3.8) is 0 Å². The van der Waals surface area contributed by atoms with Gasteiger partial charge in [-0.1, -0.05) is 53.6 Å². The summed E-state index contributed by atoms with van der Waals surface area (Å²) in [5.74, 6) is -4.05. The van der Waals surface area contributed by atoms with E-state index < -0.39 is 36.0 Å². The maximum atomic E-state index is 13.2. The fraction of sp³-hybridized carbons (Fsp3) is 0.214. The van der Waals surface area contributed by atoms with E-state index in [4.69, 9.17) is 14.2 Å². The third kappa shape index (κ3) is 7.17. The number of hydrogen-bond donors (Lipinski definition) is 2. The van der Waals surface area contributed by atoms with Gasteiger partial charge in [0, 0.05) is 12.1 Å².